The van der Waals surface area contributed by atoms with Gasteiger partial charge in [0.25, 0.3) is 17.1 Å². The zero-order chi connectivity index (χ0) is 46.6. The highest BCUT2D eigenvalue weighted by Crippen LogP contribution is 2.36. The molecule has 12 heteroatoms. The molecule has 0 unspecified atom stereocenters. The van der Waals surface area contributed by atoms with Gasteiger partial charge >= 0.3 is 0 Å². The van der Waals surface area contributed by atoms with Gasteiger partial charge in [-0.2, -0.15) is 0 Å². The van der Waals surface area contributed by atoms with Crippen LogP contribution < -0.4 is 14.2 Å². The van der Waals surface area contributed by atoms with Crippen LogP contribution >= 0.6 is 0 Å². The molecular formula is C54H45N3O9. The highest BCUT2D eigenvalue weighted by atomic mass is 16.6. The maximum Gasteiger partial charge on any atom is 0.269 e. The molecule has 6 aromatic rings. The second kappa shape index (κ2) is 21.3. The van der Waals surface area contributed by atoms with Crippen LogP contribution in [0.5, 0.6) is 17.2 Å². The zero-order valence-electron chi connectivity index (χ0n) is 36.8. The van der Waals surface area contributed by atoms with Crippen LogP contribution in [0.4, 0.5) is 17.1 Å². The summed E-state index contributed by atoms with van der Waals surface area (Å²) in [6, 6.07) is 30.7. The van der Waals surface area contributed by atoms with Crippen molar-refractivity contribution in [3.8, 4) is 52.8 Å². The fourth-order valence-electron chi connectivity index (χ4n) is 7.31. The third-order valence-corrected chi connectivity index (χ3v) is 10.7. The smallest absolute Gasteiger partial charge is 0.269 e. The van der Waals surface area contributed by atoms with Gasteiger partial charge in [-0.15, -0.1) is 0 Å². The van der Waals surface area contributed by atoms with E-state index in [4.69, 9.17) is 14.2 Å². The number of rotatable bonds is 12. The molecule has 0 bridgehead atoms. The van der Waals surface area contributed by atoms with Crippen LogP contribution in [0.15, 0.2) is 109 Å². The van der Waals surface area contributed by atoms with Gasteiger partial charge in [-0.1, -0.05) is 56.3 Å². The van der Waals surface area contributed by atoms with E-state index in [9.17, 15) is 30.3 Å². The highest BCUT2D eigenvalue weighted by molar-refractivity contribution is 5.62. The van der Waals surface area contributed by atoms with E-state index in [1.807, 2.05) is 20.8 Å². The van der Waals surface area contributed by atoms with Crippen molar-refractivity contribution in [3.05, 3.63) is 206 Å². The molecule has 0 spiro atoms. The molecule has 0 aliphatic heterocycles. The molecule has 0 fully saturated rings. The lowest BCUT2D eigenvalue weighted by Gasteiger charge is -2.17. The van der Waals surface area contributed by atoms with Gasteiger partial charge in [0, 0.05) is 53.1 Å². The summed E-state index contributed by atoms with van der Waals surface area (Å²) in [7, 11) is 0. The number of fused-ring (bicyclic) bond motifs is 3. The third-order valence-electron chi connectivity index (χ3n) is 10.7. The Morgan fingerprint density at radius 1 is 0.394 bits per heavy atom. The molecule has 7 rings (SSSR count). The van der Waals surface area contributed by atoms with Crippen LogP contribution in [0.3, 0.4) is 0 Å². The molecule has 0 aromatic heterocycles. The van der Waals surface area contributed by atoms with Crippen molar-refractivity contribution >= 4 is 17.1 Å². The molecule has 0 atom stereocenters. The normalized spacial score (nSPS) is 11.1. The predicted molar refractivity (Wildman–Crippen MR) is 252 cm³/mol. The van der Waals surface area contributed by atoms with E-state index >= 15 is 0 Å². The van der Waals surface area contributed by atoms with Gasteiger partial charge < -0.3 is 14.2 Å². The first-order chi connectivity index (χ1) is 32.0. The third kappa shape index (κ3) is 11.4. The van der Waals surface area contributed by atoms with Gasteiger partial charge in [0.1, 0.15) is 17.2 Å². The zero-order valence-corrected chi connectivity index (χ0v) is 36.8. The maximum atomic E-state index is 11.3. The van der Waals surface area contributed by atoms with E-state index in [2.05, 4.69) is 71.9 Å². The number of nitro groups is 3. The number of ether oxygens (including phenoxy) is 3. The highest BCUT2D eigenvalue weighted by Gasteiger charge is 2.22. The molecule has 0 saturated carbocycles. The average molecular weight is 880 g/mol. The molecule has 0 N–H and O–H groups in total. The van der Waals surface area contributed by atoms with Gasteiger partial charge in [0.05, 0.1) is 51.3 Å². The summed E-state index contributed by atoms with van der Waals surface area (Å²) in [5.74, 6) is 21.3. The van der Waals surface area contributed by atoms with Gasteiger partial charge in [-0.05, 0) is 145 Å². The van der Waals surface area contributed by atoms with Gasteiger partial charge in [0.15, 0.2) is 0 Å². The molecule has 1 aliphatic carbocycles. The summed E-state index contributed by atoms with van der Waals surface area (Å²) in [4.78, 5) is 32.6. The number of nitro benzene ring substituents is 3. The minimum atomic E-state index is -0.442. The second-order valence-electron chi connectivity index (χ2n) is 15.6. The SMILES string of the molecule is CCCOc1cc2c(cc1C#Cc1ccc([N+](=O)[O-])cc1)Cc1cc(OCCC)c(C#Cc3ccc([N+](=O)[O-])cc3)cc1Cc1cc(OCCC)c(C#Cc3ccc([N+](=O)[O-])cc3)cc1C2. The lowest BCUT2D eigenvalue weighted by molar-refractivity contribution is -0.385. The van der Waals surface area contributed by atoms with Crippen LogP contribution in [0.25, 0.3) is 0 Å². The first-order valence-electron chi connectivity index (χ1n) is 21.7. The summed E-state index contributed by atoms with van der Waals surface area (Å²) in [5.41, 5.74) is 9.92. The fourth-order valence-corrected chi connectivity index (χ4v) is 7.31. The van der Waals surface area contributed by atoms with Crippen molar-refractivity contribution in [2.75, 3.05) is 19.8 Å². The minimum Gasteiger partial charge on any atom is -0.492 e. The van der Waals surface area contributed by atoms with Crippen molar-refractivity contribution in [2.24, 2.45) is 0 Å². The fraction of sp³-hybridized carbons (Fsp3) is 0.222. The summed E-state index contributed by atoms with van der Waals surface area (Å²) in [6.45, 7) is 7.50. The molecule has 12 nitrogen and oxygen atoms in total. The standard InChI is InChI=1S/C54H45N3O9/c1-4-25-64-52-34-46-31-44-29-41(17-8-38-12-21-50(22-13-38)56(60)61)54(66-27-6-3)36-48(44)33-45-30-42(18-9-39-14-23-51(24-15-39)57(62)63)53(65-26-5-2)35-47(45)32-43(46)28-40(52)16-7-37-10-19-49(20-11-37)55(58)59/h10-15,19-24,28-30,34-36H,4-6,25-27,31-33H2,1-3H3. The van der Waals surface area contributed by atoms with Crippen LogP contribution in [-0.2, 0) is 19.3 Å². The summed E-state index contributed by atoms with van der Waals surface area (Å²) in [5, 5.41) is 33.9. The number of hydrogen-bond donors (Lipinski definition) is 0. The van der Waals surface area contributed by atoms with Gasteiger partial charge in [0.2, 0.25) is 0 Å². The Kier molecular flexibility index (Phi) is 14.7. The van der Waals surface area contributed by atoms with Crippen LogP contribution in [0, 0.1) is 65.9 Å². The molecule has 6 aromatic carbocycles. The maximum absolute atomic E-state index is 11.3. The Morgan fingerprint density at radius 3 is 0.864 bits per heavy atom. The minimum absolute atomic E-state index is 0.0177. The Bertz CT molecular complexity index is 2670. The molecule has 0 saturated heterocycles. The van der Waals surface area contributed by atoms with Gasteiger partial charge in [-0.25, -0.2) is 0 Å². The van der Waals surface area contributed by atoms with Crippen LogP contribution in [0.1, 0.15) is 107 Å². The number of hydrogen-bond acceptors (Lipinski definition) is 9. The van der Waals surface area contributed by atoms with E-state index in [0.717, 1.165) is 52.6 Å². The number of non-ortho nitro benzene ring substituents is 3. The quantitative estimate of drug-likeness (QED) is 0.0662. The molecule has 1 aliphatic rings. The lowest BCUT2D eigenvalue weighted by Crippen LogP contribution is -2.05. The van der Waals surface area contributed by atoms with Crippen molar-refractivity contribution in [3.63, 3.8) is 0 Å². The molecule has 330 valence electrons. The average Bonchev–Trinajstić information content (AvgIpc) is 3.37. The van der Waals surface area contributed by atoms with E-state index in [1.165, 1.54) is 36.4 Å². The topological polar surface area (TPSA) is 157 Å². The van der Waals surface area contributed by atoms with E-state index in [-0.39, 0.29) is 17.1 Å². The Balaban J connectivity index is 1.42. The van der Waals surface area contributed by atoms with Crippen LogP contribution in [0.2, 0.25) is 0 Å². The number of nitrogens with zero attached hydrogens (tertiary/aromatic N) is 3. The van der Waals surface area contributed by atoms with Crippen molar-refractivity contribution in [2.45, 2.75) is 59.3 Å². The van der Waals surface area contributed by atoms with Crippen molar-refractivity contribution < 1.29 is 29.0 Å². The first kappa shape index (κ1) is 45.6. The Labute approximate surface area is 383 Å². The molecule has 0 amide bonds. The molecule has 0 radical (unpaired) electrons. The van der Waals surface area contributed by atoms with Crippen molar-refractivity contribution in [1.82, 2.24) is 0 Å². The van der Waals surface area contributed by atoms with E-state index < -0.39 is 14.8 Å². The summed E-state index contributed by atoms with van der Waals surface area (Å²) in [6.07, 6.45) is 3.87. The van der Waals surface area contributed by atoms with E-state index in [1.54, 1.807) is 36.4 Å². The molecule has 0 heterocycles. The van der Waals surface area contributed by atoms with E-state index in [0.29, 0.717) is 89.7 Å². The largest absolute Gasteiger partial charge is 0.492 e. The summed E-state index contributed by atoms with van der Waals surface area (Å²) < 4.78 is 19.1. The second-order valence-corrected chi connectivity index (χ2v) is 15.6. The lowest BCUT2D eigenvalue weighted by atomic mass is 9.92. The van der Waals surface area contributed by atoms with Crippen LogP contribution in [-0.4, -0.2) is 34.6 Å². The predicted octanol–water partition coefficient (Wildman–Crippen LogP) is 11.1. The first-order valence-corrected chi connectivity index (χ1v) is 21.7. The monoisotopic (exact) mass is 879 g/mol. The van der Waals surface area contributed by atoms with Crippen molar-refractivity contribution in [1.29, 1.82) is 0 Å². The Hall–Kier alpha value is -8.40. The van der Waals surface area contributed by atoms with Gasteiger partial charge in [-0.3, -0.25) is 30.3 Å². The number of benzene rings is 6. The molecule has 66 heavy (non-hydrogen) atoms. The molecular weight excluding hydrogens is 835 g/mol. The summed E-state index contributed by atoms with van der Waals surface area (Å²) >= 11 is 0. The Morgan fingerprint density at radius 2 is 0.636 bits per heavy atom.